The minimum absolute atomic E-state index is 0.125. The Hall–Kier alpha value is -3.43. The first-order valence-electron chi connectivity index (χ1n) is 8.26. The van der Waals surface area contributed by atoms with Crippen LogP contribution < -0.4 is 9.64 Å². The molecule has 0 fully saturated rings. The molecule has 3 aromatic rings. The standard InChI is InChI=1S/C21H17N3O2S/c1-2-12-24(20(25)14-26-18-10-8-16(13-22)9-11-18)21-23-19(15-27-21)17-6-4-3-5-7-17/h2-11,15H,1,12,14H2. The van der Waals surface area contributed by atoms with E-state index in [2.05, 4.69) is 11.6 Å². The van der Waals surface area contributed by atoms with Gasteiger partial charge in [0.15, 0.2) is 11.7 Å². The summed E-state index contributed by atoms with van der Waals surface area (Å²) in [5.74, 6) is 0.318. The summed E-state index contributed by atoms with van der Waals surface area (Å²) in [5.41, 5.74) is 2.36. The summed E-state index contributed by atoms with van der Waals surface area (Å²) in [4.78, 5) is 18.8. The summed E-state index contributed by atoms with van der Waals surface area (Å²) in [6, 6.07) is 18.5. The summed E-state index contributed by atoms with van der Waals surface area (Å²) in [6.45, 7) is 3.94. The lowest BCUT2D eigenvalue weighted by molar-refractivity contribution is -0.120. The van der Waals surface area contributed by atoms with Crippen molar-refractivity contribution in [1.29, 1.82) is 5.26 Å². The smallest absolute Gasteiger partial charge is 0.266 e. The number of hydrogen-bond acceptors (Lipinski definition) is 5. The number of thiazole rings is 1. The molecule has 6 heteroatoms. The average molecular weight is 375 g/mol. The molecule has 1 amide bonds. The van der Waals surface area contributed by atoms with Crippen LogP contribution >= 0.6 is 11.3 Å². The van der Waals surface area contributed by atoms with Crippen LogP contribution in [0.4, 0.5) is 5.13 Å². The Balaban J connectivity index is 1.71. The number of aromatic nitrogens is 1. The van der Waals surface area contributed by atoms with E-state index in [0.29, 0.717) is 23.0 Å². The topological polar surface area (TPSA) is 66.2 Å². The summed E-state index contributed by atoms with van der Waals surface area (Å²) in [5, 5.41) is 11.3. The Morgan fingerprint density at radius 1 is 1.22 bits per heavy atom. The molecule has 2 aromatic carbocycles. The Morgan fingerprint density at radius 2 is 1.96 bits per heavy atom. The van der Waals surface area contributed by atoms with Crippen LogP contribution in [0, 0.1) is 11.3 Å². The van der Waals surface area contributed by atoms with E-state index in [9.17, 15) is 4.79 Å². The maximum Gasteiger partial charge on any atom is 0.266 e. The number of benzene rings is 2. The van der Waals surface area contributed by atoms with Gasteiger partial charge in [-0.3, -0.25) is 9.69 Å². The SMILES string of the molecule is C=CCN(C(=O)COc1ccc(C#N)cc1)c1nc(-c2ccccc2)cs1. The number of carbonyl (C=O) groups is 1. The Bertz CT molecular complexity index is 959. The molecule has 0 aliphatic rings. The van der Waals surface area contributed by atoms with E-state index in [-0.39, 0.29) is 12.5 Å². The molecule has 134 valence electrons. The predicted molar refractivity (Wildman–Crippen MR) is 107 cm³/mol. The van der Waals surface area contributed by atoms with Gasteiger partial charge in [-0.25, -0.2) is 4.98 Å². The van der Waals surface area contributed by atoms with Gasteiger partial charge in [-0.05, 0) is 24.3 Å². The highest BCUT2D eigenvalue weighted by atomic mass is 32.1. The van der Waals surface area contributed by atoms with Gasteiger partial charge < -0.3 is 4.74 Å². The van der Waals surface area contributed by atoms with E-state index in [1.165, 1.54) is 11.3 Å². The zero-order valence-corrected chi connectivity index (χ0v) is 15.4. The van der Waals surface area contributed by atoms with Crippen molar-refractivity contribution in [3.63, 3.8) is 0 Å². The van der Waals surface area contributed by atoms with Crippen LogP contribution in [0.25, 0.3) is 11.3 Å². The maximum atomic E-state index is 12.6. The van der Waals surface area contributed by atoms with E-state index in [1.807, 2.05) is 41.8 Å². The number of carbonyl (C=O) groups excluding carboxylic acids is 1. The van der Waals surface area contributed by atoms with Gasteiger partial charge in [0.2, 0.25) is 0 Å². The molecule has 0 spiro atoms. The van der Waals surface area contributed by atoms with Crippen molar-refractivity contribution in [2.24, 2.45) is 0 Å². The first-order chi connectivity index (χ1) is 13.2. The molecule has 0 aliphatic carbocycles. The van der Waals surface area contributed by atoms with Gasteiger partial charge in [0, 0.05) is 17.5 Å². The third-order valence-electron chi connectivity index (χ3n) is 3.75. The third kappa shape index (κ3) is 4.60. The summed E-state index contributed by atoms with van der Waals surface area (Å²) in [7, 11) is 0. The monoisotopic (exact) mass is 375 g/mol. The first kappa shape index (κ1) is 18.4. The number of amides is 1. The van der Waals surface area contributed by atoms with Crippen molar-refractivity contribution >= 4 is 22.4 Å². The molecule has 0 aliphatic heterocycles. The second kappa shape index (κ2) is 8.79. The maximum absolute atomic E-state index is 12.6. The van der Waals surface area contributed by atoms with Gasteiger partial charge in [0.1, 0.15) is 5.75 Å². The molecule has 1 aromatic heterocycles. The van der Waals surface area contributed by atoms with E-state index in [4.69, 9.17) is 10.00 Å². The molecular formula is C21H17N3O2S. The van der Waals surface area contributed by atoms with Crippen LogP contribution in [0.3, 0.4) is 0 Å². The van der Waals surface area contributed by atoms with Gasteiger partial charge in [-0.2, -0.15) is 5.26 Å². The predicted octanol–water partition coefficient (Wildman–Crippen LogP) is 4.28. The lowest BCUT2D eigenvalue weighted by atomic mass is 10.2. The van der Waals surface area contributed by atoms with Gasteiger partial charge in [0.25, 0.3) is 5.91 Å². The average Bonchev–Trinajstić information content (AvgIpc) is 3.21. The minimum atomic E-state index is -0.215. The summed E-state index contributed by atoms with van der Waals surface area (Å²) in [6.07, 6.45) is 1.66. The molecule has 3 rings (SSSR count). The van der Waals surface area contributed by atoms with Gasteiger partial charge >= 0.3 is 0 Å². The second-order valence-corrected chi connectivity index (χ2v) is 6.44. The van der Waals surface area contributed by atoms with Crippen LogP contribution in [-0.2, 0) is 4.79 Å². The second-order valence-electron chi connectivity index (χ2n) is 5.60. The fourth-order valence-electron chi connectivity index (χ4n) is 2.39. The molecule has 0 N–H and O–H groups in total. The van der Waals surface area contributed by atoms with Crippen molar-refractivity contribution in [3.05, 3.63) is 78.2 Å². The Morgan fingerprint density at radius 3 is 2.63 bits per heavy atom. The Kier molecular flexibility index (Phi) is 5.98. The highest BCUT2D eigenvalue weighted by Crippen LogP contribution is 2.27. The number of rotatable bonds is 7. The number of ether oxygens (including phenoxy) is 1. The molecule has 0 atom stereocenters. The van der Waals surface area contributed by atoms with Crippen LogP contribution in [0.5, 0.6) is 5.75 Å². The fourth-order valence-corrected chi connectivity index (χ4v) is 3.25. The summed E-state index contributed by atoms with van der Waals surface area (Å²) < 4.78 is 5.55. The normalized spacial score (nSPS) is 10.0. The first-order valence-corrected chi connectivity index (χ1v) is 9.14. The lowest BCUT2D eigenvalue weighted by Crippen LogP contribution is -2.35. The van der Waals surface area contributed by atoms with Crippen molar-refractivity contribution in [2.45, 2.75) is 0 Å². The van der Waals surface area contributed by atoms with Crippen LogP contribution in [0.2, 0.25) is 0 Å². The van der Waals surface area contributed by atoms with Crippen LogP contribution in [0.15, 0.2) is 72.6 Å². The highest BCUT2D eigenvalue weighted by Gasteiger charge is 2.19. The molecule has 5 nitrogen and oxygen atoms in total. The van der Waals surface area contributed by atoms with Gasteiger partial charge in [-0.1, -0.05) is 36.4 Å². The Labute approximate surface area is 161 Å². The van der Waals surface area contributed by atoms with Crippen molar-refractivity contribution in [2.75, 3.05) is 18.1 Å². The van der Waals surface area contributed by atoms with Crippen molar-refractivity contribution in [3.8, 4) is 23.1 Å². The lowest BCUT2D eigenvalue weighted by Gasteiger charge is -2.18. The quantitative estimate of drug-likeness (QED) is 0.578. The number of nitriles is 1. The molecule has 0 saturated heterocycles. The molecule has 0 saturated carbocycles. The van der Waals surface area contributed by atoms with Crippen LogP contribution in [0.1, 0.15) is 5.56 Å². The highest BCUT2D eigenvalue weighted by molar-refractivity contribution is 7.14. The number of anilines is 1. The van der Waals surface area contributed by atoms with E-state index in [1.54, 1.807) is 35.2 Å². The fraction of sp³-hybridized carbons (Fsp3) is 0.0952. The van der Waals surface area contributed by atoms with Gasteiger partial charge in [0.05, 0.1) is 17.3 Å². The van der Waals surface area contributed by atoms with Crippen LogP contribution in [-0.4, -0.2) is 24.0 Å². The minimum Gasteiger partial charge on any atom is -0.484 e. The number of hydrogen-bond donors (Lipinski definition) is 0. The van der Waals surface area contributed by atoms with E-state index in [0.717, 1.165) is 11.3 Å². The summed E-state index contributed by atoms with van der Waals surface area (Å²) >= 11 is 1.40. The molecule has 0 radical (unpaired) electrons. The zero-order chi connectivity index (χ0) is 19.1. The zero-order valence-electron chi connectivity index (χ0n) is 14.5. The largest absolute Gasteiger partial charge is 0.484 e. The van der Waals surface area contributed by atoms with Gasteiger partial charge in [-0.15, -0.1) is 17.9 Å². The molecule has 0 bridgehead atoms. The number of nitrogens with zero attached hydrogens (tertiary/aromatic N) is 3. The molecule has 1 heterocycles. The molecule has 27 heavy (non-hydrogen) atoms. The molecule has 0 unspecified atom stereocenters. The van der Waals surface area contributed by atoms with E-state index < -0.39 is 0 Å². The van der Waals surface area contributed by atoms with Crippen molar-refractivity contribution in [1.82, 2.24) is 4.98 Å². The third-order valence-corrected chi connectivity index (χ3v) is 4.61. The van der Waals surface area contributed by atoms with Crippen molar-refractivity contribution < 1.29 is 9.53 Å². The van der Waals surface area contributed by atoms with E-state index >= 15 is 0 Å². The molecular weight excluding hydrogens is 358 g/mol.